The van der Waals surface area contributed by atoms with Crippen molar-refractivity contribution in [3.05, 3.63) is 34.0 Å². The minimum atomic E-state index is -2.63. The highest BCUT2D eigenvalue weighted by molar-refractivity contribution is 7.10. The van der Waals surface area contributed by atoms with Gasteiger partial charge in [-0.25, -0.2) is 8.78 Å². The van der Waals surface area contributed by atoms with E-state index in [0.717, 1.165) is 11.3 Å². The molecule has 3 heterocycles. The quantitative estimate of drug-likeness (QED) is 0.856. The summed E-state index contributed by atoms with van der Waals surface area (Å²) in [7, 11) is 0. The molecule has 0 aromatic carbocycles. The number of aromatic nitrogens is 3. The topological polar surface area (TPSA) is 51.0 Å². The summed E-state index contributed by atoms with van der Waals surface area (Å²) in [6.07, 6.45) is -1.01. The van der Waals surface area contributed by atoms with Crippen molar-refractivity contribution in [1.29, 1.82) is 0 Å². The molecule has 5 nitrogen and oxygen atoms in total. The van der Waals surface area contributed by atoms with Gasteiger partial charge in [-0.05, 0) is 18.4 Å². The van der Waals surface area contributed by atoms with Crippen molar-refractivity contribution in [2.75, 3.05) is 6.54 Å². The number of thiophene rings is 1. The largest absolute Gasteiger partial charge is 0.327 e. The summed E-state index contributed by atoms with van der Waals surface area (Å²) in [5.74, 6) is 0.307. The molecule has 8 heteroatoms. The minimum Gasteiger partial charge on any atom is -0.327 e. The van der Waals surface area contributed by atoms with Gasteiger partial charge in [0, 0.05) is 13.1 Å². The van der Waals surface area contributed by atoms with Crippen LogP contribution in [0.1, 0.15) is 40.5 Å². The van der Waals surface area contributed by atoms with Crippen molar-refractivity contribution in [2.24, 2.45) is 0 Å². The van der Waals surface area contributed by atoms with Crippen molar-refractivity contribution in [3.63, 3.8) is 0 Å². The molecule has 1 aliphatic rings. The van der Waals surface area contributed by atoms with Crippen molar-refractivity contribution < 1.29 is 13.6 Å². The second-order valence-corrected chi connectivity index (χ2v) is 5.50. The molecule has 20 heavy (non-hydrogen) atoms. The molecule has 0 N–H and O–H groups in total. The lowest BCUT2D eigenvalue weighted by Gasteiger charge is -2.33. The molecule has 0 spiro atoms. The predicted octanol–water partition coefficient (Wildman–Crippen LogP) is 2.49. The van der Waals surface area contributed by atoms with Gasteiger partial charge >= 0.3 is 0 Å². The van der Waals surface area contributed by atoms with Gasteiger partial charge in [0.1, 0.15) is 6.33 Å². The Morgan fingerprint density at radius 1 is 1.50 bits per heavy atom. The van der Waals surface area contributed by atoms with E-state index in [4.69, 9.17) is 0 Å². The molecule has 0 bridgehead atoms. The van der Waals surface area contributed by atoms with E-state index in [1.54, 1.807) is 11.2 Å². The van der Waals surface area contributed by atoms with Crippen LogP contribution in [0.15, 0.2) is 17.8 Å². The molecule has 1 atom stereocenters. The number of rotatable bonds is 2. The van der Waals surface area contributed by atoms with Gasteiger partial charge < -0.3 is 9.47 Å². The van der Waals surface area contributed by atoms with E-state index in [1.165, 1.54) is 11.4 Å². The average molecular weight is 298 g/mol. The van der Waals surface area contributed by atoms with Crippen LogP contribution in [0.5, 0.6) is 0 Å². The third-order valence-electron chi connectivity index (χ3n) is 3.45. The van der Waals surface area contributed by atoms with E-state index in [1.807, 2.05) is 11.5 Å². The van der Waals surface area contributed by atoms with Crippen molar-refractivity contribution in [1.82, 2.24) is 19.7 Å². The molecule has 1 unspecified atom stereocenters. The molecule has 3 rings (SSSR count). The summed E-state index contributed by atoms with van der Waals surface area (Å²) in [6, 6.07) is 1.18. The first-order valence-corrected chi connectivity index (χ1v) is 7.01. The highest BCUT2D eigenvalue weighted by atomic mass is 32.1. The average Bonchev–Trinajstić information content (AvgIpc) is 3.07. The van der Waals surface area contributed by atoms with Crippen LogP contribution >= 0.6 is 11.3 Å². The number of amides is 1. The number of carbonyl (C=O) groups excluding carboxylic acids is 1. The first-order chi connectivity index (χ1) is 9.59. The Balaban J connectivity index is 1.90. The van der Waals surface area contributed by atoms with Crippen molar-refractivity contribution >= 4 is 17.2 Å². The minimum absolute atomic E-state index is 0.0878. The number of carbonyl (C=O) groups is 1. The maximum Gasteiger partial charge on any atom is 0.273 e. The summed E-state index contributed by atoms with van der Waals surface area (Å²) < 4.78 is 27.6. The van der Waals surface area contributed by atoms with Crippen LogP contribution in [0.25, 0.3) is 0 Å². The fourth-order valence-corrected chi connectivity index (χ4v) is 3.14. The first-order valence-electron chi connectivity index (χ1n) is 6.13. The molecule has 1 amide bonds. The Bertz CT molecular complexity index is 639. The van der Waals surface area contributed by atoms with Crippen molar-refractivity contribution in [3.8, 4) is 0 Å². The van der Waals surface area contributed by atoms with Crippen LogP contribution in [0.2, 0.25) is 0 Å². The van der Waals surface area contributed by atoms with Gasteiger partial charge in [-0.2, -0.15) is 0 Å². The standard InChI is InChI=1S/C12H12F2N4OS/c1-7-11-16-15-6-17(11)3-4-18(7)12(19)8-2-5-20-9(8)10(13)14/h2,5-7,10H,3-4H2,1H3. The summed E-state index contributed by atoms with van der Waals surface area (Å²) in [6.45, 7) is 2.86. The number of hydrogen-bond acceptors (Lipinski definition) is 4. The molecule has 2 aromatic rings. The highest BCUT2D eigenvalue weighted by Gasteiger charge is 2.32. The van der Waals surface area contributed by atoms with Gasteiger partial charge in [0.05, 0.1) is 16.5 Å². The summed E-state index contributed by atoms with van der Waals surface area (Å²) in [5.41, 5.74) is 0.0878. The molecular weight excluding hydrogens is 286 g/mol. The Labute approximate surface area is 117 Å². The fraction of sp³-hybridized carbons (Fsp3) is 0.417. The van der Waals surface area contributed by atoms with E-state index >= 15 is 0 Å². The number of alkyl halides is 2. The second kappa shape index (κ2) is 4.93. The van der Waals surface area contributed by atoms with Gasteiger partial charge in [0.25, 0.3) is 12.3 Å². The van der Waals surface area contributed by atoms with E-state index < -0.39 is 6.43 Å². The third-order valence-corrected chi connectivity index (χ3v) is 4.38. The number of hydrogen-bond donors (Lipinski definition) is 0. The lowest BCUT2D eigenvalue weighted by molar-refractivity contribution is 0.0629. The molecular formula is C12H12F2N4OS. The maximum absolute atomic E-state index is 12.9. The van der Waals surface area contributed by atoms with Crippen molar-refractivity contribution in [2.45, 2.75) is 25.9 Å². The Morgan fingerprint density at radius 2 is 2.30 bits per heavy atom. The first kappa shape index (κ1) is 13.2. The predicted molar refractivity (Wildman–Crippen MR) is 68.7 cm³/mol. The van der Waals surface area contributed by atoms with Crippen LogP contribution in [0.4, 0.5) is 8.78 Å². The molecule has 0 aliphatic carbocycles. The number of fused-ring (bicyclic) bond motifs is 1. The number of nitrogens with zero attached hydrogens (tertiary/aromatic N) is 4. The van der Waals surface area contributed by atoms with Gasteiger partial charge in [0.15, 0.2) is 5.82 Å². The molecule has 0 saturated carbocycles. The SMILES string of the molecule is CC1c2nncn2CCN1C(=O)c1ccsc1C(F)F. The van der Waals surface area contributed by atoms with Crippen LogP contribution in [0.3, 0.4) is 0 Å². The zero-order chi connectivity index (χ0) is 14.3. The van der Waals surface area contributed by atoms with Crippen LogP contribution in [-0.2, 0) is 6.54 Å². The Kier molecular flexibility index (Phi) is 3.25. The molecule has 106 valence electrons. The smallest absolute Gasteiger partial charge is 0.273 e. The second-order valence-electron chi connectivity index (χ2n) is 4.56. The molecule has 0 saturated heterocycles. The van der Waals surface area contributed by atoms with Crippen LogP contribution in [-0.4, -0.2) is 32.1 Å². The monoisotopic (exact) mass is 298 g/mol. The van der Waals surface area contributed by atoms with Gasteiger partial charge in [-0.3, -0.25) is 4.79 Å². The molecule has 1 aliphatic heterocycles. The molecule has 0 radical (unpaired) electrons. The van der Waals surface area contributed by atoms with E-state index in [2.05, 4.69) is 10.2 Å². The van der Waals surface area contributed by atoms with Crippen LogP contribution < -0.4 is 0 Å². The lowest BCUT2D eigenvalue weighted by atomic mass is 10.1. The summed E-state index contributed by atoms with van der Waals surface area (Å²) in [5, 5.41) is 9.32. The van der Waals surface area contributed by atoms with E-state index in [-0.39, 0.29) is 22.4 Å². The fourth-order valence-electron chi connectivity index (χ4n) is 2.41. The Morgan fingerprint density at radius 3 is 3.05 bits per heavy atom. The van der Waals surface area contributed by atoms with Gasteiger partial charge in [0.2, 0.25) is 0 Å². The molecule has 2 aromatic heterocycles. The summed E-state index contributed by atoms with van der Waals surface area (Å²) in [4.78, 5) is 13.9. The number of halogens is 2. The molecule has 0 fully saturated rings. The van der Waals surface area contributed by atoms with E-state index in [9.17, 15) is 13.6 Å². The van der Waals surface area contributed by atoms with Gasteiger partial charge in [-0.1, -0.05) is 0 Å². The highest BCUT2D eigenvalue weighted by Crippen LogP contribution is 2.32. The summed E-state index contributed by atoms with van der Waals surface area (Å²) >= 11 is 0.908. The Hall–Kier alpha value is -1.83. The lowest BCUT2D eigenvalue weighted by Crippen LogP contribution is -2.41. The third kappa shape index (κ3) is 2.00. The van der Waals surface area contributed by atoms with Crippen LogP contribution in [0, 0.1) is 0 Å². The normalized spacial score (nSPS) is 18.4. The maximum atomic E-state index is 12.9. The van der Waals surface area contributed by atoms with Gasteiger partial charge in [-0.15, -0.1) is 21.5 Å². The zero-order valence-corrected chi connectivity index (χ0v) is 11.5. The van der Waals surface area contributed by atoms with E-state index in [0.29, 0.717) is 18.9 Å². The zero-order valence-electron chi connectivity index (χ0n) is 10.7.